The van der Waals surface area contributed by atoms with Gasteiger partial charge >= 0.3 is 6.09 Å². The number of ether oxygens (including phenoxy) is 1. The summed E-state index contributed by atoms with van der Waals surface area (Å²) in [4.78, 5) is 23.1. The lowest BCUT2D eigenvalue weighted by Crippen LogP contribution is -2.36. The molecule has 0 saturated heterocycles. The summed E-state index contributed by atoms with van der Waals surface area (Å²) in [5.41, 5.74) is -0.454. The van der Waals surface area contributed by atoms with Crippen LogP contribution in [0.3, 0.4) is 0 Å². The summed E-state index contributed by atoms with van der Waals surface area (Å²) in [5.74, 6) is 0.975. The molecule has 1 rings (SSSR count). The maximum Gasteiger partial charge on any atom is 0.407 e. The fourth-order valence-electron chi connectivity index (χ4n) is 2.34. The van der Waals surface area contributed by atoms with Crippen LogP contribution in [0.5, 0.6) is 0 Å². The first kappa shape index (κ1) is 16.5. The molecule has 0 bridgehead atoms. The van der Waals surface area contributed by atoms with Crippen LogP contribution >= 0.6 is 15.9 Å². The van der Waals surface area contributed by atoms with Gasteiger partial charge in [0.25, 0.3) is 0 Å². The van der Waals surface area contributed by atoms with Crippen LogP contribution in [0.2, 0.25) is 0 Å². The smallest absolute Gasteiger partial charge is 0.407 e. The van der Waals surface area contributed by atoms with Gasteiger partial charge in [0.2, 0.25) is 0 Å². The average Bonchev–Trinajstić information content (AvgIpc) is 2.34. The first-order valence-electron chi connectivity index (χ1n) is 6.87. The van der Waals surface area contributed by atoms with Crippen molar-refractivity contribution < 1.29 is 14.3 Å². The fraction of sp³-hybridized carbons (Fsp3) is 0.857. The predicted octanol–water partition coefficient (Wildman–Crippen LogP) is 3.28. The summed E-state index contributed by atoms with van der Waals surface area (Å²) in [6.45, 7) is 6.20. The Morgan fingerprint density at radius 1 is 1.21 bits per heavy atom. The van der Waals surface area contributed by atoms with E-state index in [-0.39, 0.29) is 12.0 Å². The summed E-state index contributed by atoms with van der Waals surface area (Å²) >= 11 is 3.22. The van der Waals surface area contributed by atoms with Crippen LogP contribution in [-0.4, -0.2) is 29.4 Å². The molecule has 1 N–H and O–H groups in total. The number of carbonyl (C=O) groups excluding carboxylic acids is 2. The van der Waals surface area contributed by atoms with E-state index in [0.29, 0.717) is 23.6 Å². The molecule has 1 fully saturated rings. The lowest BCUT2D eigenvalue weighted by Gasteiger charge is -2.28. The molecule has 4 nitrogen and oxygen atoms in total. The summed E-state index contributed by atoms with van der Waals surface area (Å²) in [7, 11) is 0. The predicted molar refractivity (Wildman–Crippen MR) is 78.5 cm³/mol. The molecule has 1 aliphatic carbocycles. The Morgan fingerprint density at radius 3 is 2.26 bits per heavy atom. The van der Waals surface area contributed by atoms with Crippen molar-refractivity contribution in [3.05, 3.63) is 0 Å². The maximum absolute atomic E-state index is 11.6. The van der Waals surface area contributed by atoms with Crippen LogP contribution in [0.15, 0.2) is 0 Å². The number of Topliss-reactive ketones (excluding diaryl/α,β-unsaturated/α-hetero) is 1. The molecule has 1 amide bonds. The minimum atomic E-state index is -0.454. The van der Waals surface area contributed by atoms with E-state index in [0.717, 1.165) is 25.7 Å². The maximum atomic E-state index is 11.6. The molecule has 0 aromatic rings. The standard InChI is InChI=1S/C14H24BrNO3/c1-14(2,3)19-13(18)16-9-10-4-6-11(7-5-10)12(17)8-15/h10-11H,4-9H2,1-3H3,(H,16,18)/t10-,11-. The third kappa shape index (κ3) is 6.41. The molecule has 0 spiro atoms. The zero-order valence-corrected chi connectivity index (χ0v) is 13.6. The van der Waals surface area contributed by atoms with Crippen molar-refractivity contribution in [2.24, 2.45) is 11.8 Å². The lowest BCUT2D eigenvalue weighted by atomic mass is 9.80. The van der Waals surface area contributed by atoms with Gasteiger partial charge in [-0.2, -0.15) is 0 Å². The van der Waals surface area contributed by atoms with Crippen molar-refractivity contribution in [2.45, 2.75) is 52.1 Å². The Labute approximate surface area is 123 Å². The number of hydrogen-bond acceptors (Lipinski definition) is 3. The summed E-state index contributed by atoms with van der Waals surface area (Å²) in [5, 5.41) is 3.27. The Kier molecular flexibility index (Phi) is 6.30. The second-order valence-electron chi connectivity index (χ2n) is 6.20. The second kappa shape index (κ2) is 7.27. The highest BCUT2D eigenvalue weighted by atomic mass is 79.9. The number of hydrogen-bond donors (Lipinski definition) is 1. The minimum absolute atomic E-state index is 0.206. The molecule has 1 aliphatic rings. The lowest BCUT2D eigenvalue weighted by molar-refractivity contribution is -0.121. The highest BCUT2D eigenvalue weighted by molar-refractivity contribution is 9.09. The van der Waals surface area contributed by atoms with Gasteiger partial charge in [0, 0.05) is 12.5 Å². The molecule has 110 valence electrons. The number of alkyl carbamates (subject to hydrolysis) is 1. The molecule has 0 radical (unpaired) electrons. The van der Waals surface area contributed by atoms with Crippen molar-refractivity contribution >= 4 is 27.8 Å². The van der Waals surface area contributed by atoms with Gasteiger partial charge in [-0.05, 0) is 52.4 Å². The number of alkyl halides is 1. The highest BCUT2D eigenvalue weighted by Crippen LogP contribution is 2.29. The van der Waals surface area contributed by atoms with Gasteiger partial charge in [-0.15, -0.1) is 0 Å². The van der Waals surface area contributed by atoms with Gasteiger partial charge in [0.05, 0.1) is 5.33 Å². The molecule has 0 aromatic heterocycles. The molecule has 0 atom stereocenters. The molecule has 0 aromatic carbocycles. The van der Waals surface area contributed by atoms with Crippen LogP contribution in [0.4, 0.5) is 4.79 Å². The van der Waals surface area contributed by atoms with Crippen LogP contribution < -0.4 is 5.32 Å². The molecule has 19 heavy (non-hydrogen) atoms. The number of nitrogens with one attached hydrogen (secondary N) is 1. The largest absolute Gasteiger partial charge is 0.444 e. The van der Waals surface area contributed by atoms with Crippen molar-refractivity contribution in [1.82, 2.24) is 5.32 Å². The van der Waals surface area contributed by atoms with Crippen molar-refractivity contribution in [1.29, 1.82) is 0 Å². The van der Waals surface area contributed by atoms with Crippen LogP contribution in [0.25, 0.3) is 0 Å². The number of halogens is 1. The van der Waals surface area contributed by atoms with E-state index >= 15 is 0 Å². The van der Waals surface area contributed by atoms with Crippen LogP contribution in [0, 0.1) is 11.8 Å². The molecule has 0 heterocycles. The zero-order chi connectivity index (χ0) is 14.5. The van der Waals surface area contributed by atoms with E-state index in [1.807, 2.05) is 20.8 Å². The SMILES string of the molecule is CC(C)(C)OC(=O)NC[C@H]1CC[C@H](C(=O)CBr)CC1. The molecule has 0 aliphatic heterocycles. The third-order valence-corrected chi connectivity index (χ3v) is 3.92. The summed E-state index contributed by atoms with van der Waals surface area (Å²) < 4.78 is 5.20. The normalized spacial score (nSPS) is 23.8. The second-order valence-corrected chi connectivity index (χ2v) is 6.76. The Hall–Kier alpha value is -0.580. The zero-order valence-electron chi connectivity index (χ0n) is 12.0. The van der Waals surface area contributed by atoms with Crippen molar-refractivity contribution in [3.63, 3.8) is 0 Å². The molecular weight excluding hydrogens is 310 g/mol. The number of carbonyl (C=O) groups is 2. The van der Waals surface area contributed by atoms with Gasteiger partial charge < -0.3 is 10.1 Å². The Bertz CT molecular complexity index is 317. The quantitative estimate of drug-likeness (QED) is 0.803. The number of rotatable bonds is 4. The monoisotopic (exact) mass is 333 g/mol. The summed E-state index contributed by atoms with van der Waals surface area (Å²) in [6.07, 6.45) is 3.51. The minimum Gasteiger partial charge on any atom is -0.444 e. The van der Waals surface area contributed by atoms with E-state index in [9.17, 15) is 9.59 Å². The van der Waals surface area contributed by atoms with E-state index in [2.05, 4.69) is 21.2 Å². The topological polar surface area (TPSA) is 55.4 Å². The van der Waals surface area contributed by atoms with Gasteiger partial charge in [0.15, 0.2) is 0 Å². The van der Waals surface area contributed by atoms with E-state index < -0.39 is 5.60 Å². The first-order chi connectivity index (χ1) is 8.81. The van der Waals surface area contributed by atoms with E-state index in [4.69, 9.17) is 4.74 Å². The van der Waals surface area contributed by atoms with E-state index in [1.54, 1.807) is 0 Å². The third-order valence-electron chi connectivity index (χ3n) is 3.37. The molecule has 1 saturated carbocycles. The first-order valence-corrected chi connectivity index (χ1v) is 7.99. The molecular formula is C14H24BrNO3. The molecule has 0 unspecified atom stereocenters. The number of amides is 1. The van der Waals surface area contributed by atoms with E-state index in [1.165, 1.54) is 0 Å². The van der Waals surface area contributed by atoms with Gasteiger partial charge in [-0.3, -0.25) is 4.79 Å². The van der Waals surface area contributed by atoms with Gasteiger partial charge in [-0.25, -0.2) is 4.79 Å². The number of ketones is 1. The van der Waals surface area contributed by atoms with Crippen LogP contribution in [0.1, 0.15) is 46.5 Å². The summed E-state index contributed by atoms with van der Waals surface area (Å²) in [6, 6.07) is 0. The average molecular weight is 334 g/mol. The van der Waals surface area contributed by atoms with Crippen molar-refractivity contribution in [2.75, 3.05) is 11.9 Å². The Balaban J connectivity index is 2.23. The fourth-order valence-corrected chi connectivity index (χ4v) is 2.80. The highest BCUT2D eigenvalue weighted by Gasteiger charge is 2.26. The molecule has 5 heteroatoms. The van der Waals surface area contributed by atoms with Gasteiger partial charge in [-0.1, -0.05) is 15.9 Å². The van der Waals surface area contributed by atoms with Gasteiger partial charge in [0.1, 0.15) is 11.4 Å². The Morgan fingerprint density at radius 2 is 1.79 bits per heavy atom. The van der Waals surface area contributed by atoms with Crippen molar-refractivity contribution in [3.8, 4) is 0 Å². The van der Waals surface area contributed by atoms with Crippen LogP contribution in [-0.2, 0) is 9.53 Å².